The smallest absolute Gasteiger partial charge is 0.337 e. The van der Waals surface area contributed by atoms with E-state index in [1.165, 1.54) is 0 Å². The summed E-state index contributed by atoms with van der Waals surface area (Å²) in [6.45, 7) is 6.25. The zero-order valence-corrected chi connectivity index (χ0v) is 7.89. The number of hydrogen-bond donors (Lipinski definition) is 1. The maximum atomic E-state index is 10.9. The van der Waals surface area contributed by atoms with Gasteiger partial charge in [0.2, 0.25) is 0 Å². The van der Waals surface area contributed by atoms with E-state index in [4.69, 9.17) is 5.11 Å². The number of ether oxygens (including phenoxy) is 2. The highest BCUT2D eigenvalue weighted by molar-refractivity contribution is 5.82. The summed E-state index contributed by atoms with van der Waals surface area (Å²) >= 11 is 0. The van der Waals surface area contributed by atoms with Gasteiger partial charge in [-0.15, -0.1) is 0 Å². The molecule has 0 aliphatic rings. The fourth-order valence-corrected chi connectivity index (χ4v) is 0.562. The lowest BCUT2D eigenvalue weighted by Crippen LogP contribution is -2.10. The number of carbonyl (C=O) groups excluding carboxylic acids is 2. The molecule has 6 nitrogen and oxygen atoms in total. The fourth-order valence-electron chi connectivity index (χ4n) is 0.562. The lowest BCUT2D eigenvalue weighted by Gasteiger charge is -2.04. The van der Waals surface area contributed by atoms with Crippen LogP contribution in [-0.2, 0) is 23.9 Å². The molecule has 15 heavy (non-hydrogen) atoms. The Balaban J connectivity index is 3.86. The molecule has 0 amide bonds. The summed E-state index contributed by atoms with van der Waals surface area (Å²) in [7, 11) is 0. The van der Waals surface area contributed by atoms with E-state index < -0.39 is 23.9 Å². The molecular formula is C9H10O6. The van der Waals surface area contributed by atoms with Crippen LogP contribution in [0.1, 0.15) is 12.8 Å². The van der Waals surface area contributed by atoms with Crippen molar-refractivity contribution in [2.45, 2.75) is 12.8 Å². The van der Waals surface area contributed by atoms with Gasteiger partial charge in [-0.2, -0.15) is 0 Å². The van der Waals surface area contributed by atoms with E-state index in [1.807, 2.05) is 0 Å². The summed E-state index contributed by atoms with van der Waals surface area (Å²) in [6, 6.07) is 0. The second-order valence-electron chi connectivity index (χ2n) is 2.37. The number of carbonyl (C=O) groups is 3. The quantitative estimate of drug-likeness (QED) is 0.395. The summed E-state index contributed by atoms with van der Waals surface area (Å²) in [4.78, 5) is 31.5. The van der Waals surface area contributed by atoms with Gasteiger partial charge < -0.3 is 14.6 Å². The minimum Gasteiger partial charge on any atom is -0.481 e. The zero-order valence-electron chi connectivity index (χ0n) is 7.89. The molecule has 1 N–H and O–H groups in total. The largest absolute Gasteiger partial charge is 0.481 e. The van der Waals surface area contributed by atoms with Crippen LogP contribution in [0.25, 0.3) is 0 Å². The van der Waals surface area contributed by atoms with Gasteiger partial charge >= 0.3 is 17.9 Å². The van der Waals surface area contributed by atoms with Crippen molar-refractivity contribution in [3.05, 3.63) is 25.2 Å². The molecule has 0 aromatic rings. The fraction of sp³-hybridized carbons (Fsp3) is 0.222. The molecule has 0 rings (SSSR count). The molecule has 0 saturated carbocycles. The monoisotopic (exact) mass is 214 g/mol. The lowest BCUT2D eigenvalue weighted by atomic mass is 10.3. The third-order valence-electron chi connectivity index (χ3n) is 1.15. The van der Waals surface area contributed by atoms with Crippen LogP contribution in [0.15, 0.2) is 25.2 Å². The van der Waals surface area contributed by atoms with Crippen molar-refractivity contribution in [1.29, 1.82) is 0 Å². The molecule has 0 radical (unpaired) electrons. The van der Waals surface area contributed by atoms with E-state index in [-0.39, 0.29) is 12.8 Å². The van der Waals surface area contributed by atoms with Crippen molar-refractivity contribution >= 4 is 17.9 Å². The standard InChI is InChI=1S/C9H10O6/c1-3-8(12)14-6(2)15-9(13)5-4-7(10)11/h3H,1-2,4-5H2,(H,10,11). The van der Waals surface area contributed by atoms with E-state index in [0.29, 0.717) is 0 Å². The number of rotatable bonds is 6. The van der Waals surface area contributed by atoms with Gasteiger partial charge in [-0.3, -0.25) is 9.59 Å². The summed E-state index contributed by atoms with van der Waals surface area (Å²) in [5.41, 5.74) is 0. The van der Waals surface area contributed by atoms with E-state index in [1.54, 1.807) is 0 Å². The Bertz CT molecular complexity index is 304. The number of hydrogen-bond acceptors (Lipinski definition) is 5. The van der Waals surface area contributed by atoms with Crippen LogP contribution in [0, 0.1) is 0 Å². The molecule has 0 bridgehead atoms. The van der Waals surface area contributed by atoms with E-state index in [2.05, 4.69) is 22.6 Å². The van der Waals surface area contributed by atoms with Gasteiger partial charge in [0, 0.05) is 6.08 Å². The van der Waals surface area contributed by atoms with Gasteiger partial charge in [0.25, 0.3) is 5.95 Å². The summed E-state index contributed by atoms with van der Waals surface area (Å²) in [6.07, 6.45) is 0.192. The van der Waals surface area contributed by atoms with Crippen LogP contribution >= 0.6 is 0 Å². The van der Waals surface area contributed by atoms with Crippen LogP contribution < -0.4 is 0 Å². The van der Waals surface area contributed by atoms with E-state index in [9.17, 15) is 14.4 Å². The maximum absolute atomic E-state index is 10.9. The molecular weight excluding hydrogens is 204 g/mol. The Hall–Kier alpha value is -2.11. The number of aliphatic carboxylic acids is 1. The first-order valence-electron chi connectivity index (χ1n) is 3.91. The minimum absolute atomic E-state index is 0.319. The summed E-state index contributed by atoms with van der Waals surface area (Å²) in [5.74, 6) is -3.28. The van der Waals surface area contributed by atoms with Gasteiger partial charge in [-0.05, 0) is 6.58 Å². The van der Waals surface area contributed by atoms with Crippen molar-refractivity contribution in [3.8, 4) is 0 Å². The third-order valence-corrected chi connectivity index (χ3v) is 1.15. The van der Waals surface area contributed by atoms with Crippen LogP contribution in [0.2, 0.25) is 0 Å². The van der Waals surface area contributed by atoms with Crippen LogP contribution in [-0.4, -0.2) is 23.0 Å². The maximum Gasteiger partial charge on any atom is 0.337 e. The van der Waals surface area contributed by atoms with Crippen molar-refractivity contribution in [2.75, 3.05) is 0 Å². The first-order valence-corrected chi connectivity index (χ1v) is 3.91. The Kier molecular flexibility index (Phi) is 5.47. The zero-order chi connectivity index (χ0) is 11.8. The molecule has 0 unspecified atom stereocenters. The van der Waals surface area contributed by atoms with Gasteiger partial charge in [-0.25, -0.2) is 4.79 Å². The molecule has 0 saturated heterocycles. The molecule has 0 fully saturated rings. The van der Waals surface area contributed by atoms with Crippen molar-refractivity contribution < 1.29 is 29.0 Å². The average molecular weight is 214 g/mol. The van der Waals surface area contributed by atoms with E-state index >= 15 is 0 Å². The number of carboxylic acid groups (broad SMARTS) is 1. The summed E-state index contributed by atoms with van der Waals surface area (Å²) < 4.78 is 8.72. The van der Waals surface area contributed by atoms with Gasteiger partial charge in [-0.1, -0.05) is 6.58 Å². The first kappa shape index (κ1) is 12.9. The Morgan fingerprint density at radius 3 is 2.27 bits per heavy atom. The highest BCUT2D eigenvalue weighted by Crippen LogP contribution is 2.01. The Morgan fingerprint density at radius 2 is 1.80 bits per heavy atom. The topological polar surface area (TPSA) is 89.9 Å². The molecule has 0 aliphatic heterocycles. The third kappa shape index (κ3) is 7.00. The molecule has 0 aliphatic carbocycles. The highest BCUT2D eigenvalue weighted by atomic mass is 16.7. The van der Waals surface area contributed by atoms with Crippen LogP contribution in [0.5, 0.6) is 0 Å². The SMILES string of the molecule is C=CC(=O)OC(=C)OC(=O)CCC(=O)O. The number of esters is 2. The molecule has 0 atom stereocenters. The molecule has 0 aromatic carbocycles. The highest BCUT2D eigenvalue weighted by Gasteiger charge is 2.10. The first-order chi connectivity index (χ1) is 6.95. The minimum atomic E-state index is -1.12. The molecule has 82 valence electrons. The molecule has 0 heterocycles. The average Bonchev–Trinajstić information content (AvgIpc) is 2.14. The molecule has 0 spiro atoms. The van der Waals surface area contributed by atoms with Gasteiger partial charge in [0.15, 0.2) is 0 Å². The van der Waals surface area contributed by atoms with E-state index in [0.717, 1.165) is 6.08 Å². The number of carboxylic acids is 1. The lowest BCUT2D eigenvalue weighted by molar-refractivity contribution is -0.153. The normalized spacial score (nSPS) is 8.80. The second-order valence-corrected chi connectivity index (χ2v) is 2.37. The molecule has 6 heteroatoms. The van der Waals surface area contributed by atoms with Crippen molar-refractivity contribution in [3.63, 3.8) is 0 Å². The van der Waals surface area contributed by atoms with Crippen LogP contribution in [0.4, 0.5) is 0 Å². The van der Waals surface area contributed by atoms with Crippen LogP contribution in [0.3, 0.4) is 0 Å². The van der Waals surface area contributed by atoms with Gasteiger partial charge in [0.1, 0.15) is 0 Å². The molecule has 0 aromatic heterocycles. The Labute approximate surface area is 85.8 Å². The van der Waals surface area contributed by atoms with Gasteiger partial charge in [0.05, 0.1) is 12.8 Å². The summed E-state index contributed by atoms with van der Waals surface area (Å²) in [5, 5.41) is 8.25. The predicted octanol–water partition coefficient (Wildman–Crippen LogP) is 0.595. The Morgan fingerprint density at radius 1 is 1.20 bits per heavy atom. The van der Waals surface area contributed by atoms with Crippen molar-refractivity contribution in [1.82, 2.24) is 0 Å². The second kappa shape index (κ2) is 6.36. The predicted molar refractivity (Wildman–Crippen MR) is 48.4 cm³/mol. The van der Waals surface area contributed by atoms with Crippen molar-refractivity contribution in [2.24, 2.45) is 0 Å².